The lowest BCUT2D eigenvalue weighted by molar-refractivity contribution is 0.126. The van der Waals surface area contributed by atoms with Crippen LogP contribution < -0.4 is 4.72 Å². The molecule has 0 radical (unpaired) electrons. The number of hydrogen-bond acceptors (Lipinski definition) is 3. The number of sulfonamides is 1. The van der Waals surface area contributed by atoms with Gasteiger partial charge in [0.2, 0.25) is 10.0 Å². The summed E-state index contributed by atoms with van der Waals surface area (Å²) in [7, 11) is -3.42. The van der Waals surface area contributed by atoms with Crippen LogP contribution in [0.25, 0.3) is 0 Å². The molecule has 2 aromatic carbocycles. The molecule has 0 aliphatic carbocycles. The van der Waals surface area contributed by atoms with Gasteiger partial charge in [-0.2, -0.15) is 0 Å². The van der Waals surface area contributed by atoms with Gasteiger partial charge in [-0.3, -0.25) is 0 Å². The van der Waals surface area contributed by atoms with Crippen molar-refractivity contribution in [2.45, 2.75) is 12.4 Å². The van der Waals surface area contributed by atoms with Crippen molar-refractivity contribution in [3.63, 3.8) is 0 Å². The van der Waals surface area contributed by atoms with E-state index in [0.717, 1.165) is 5.56 Å². The van der Waals surface area contributed by atoms with Gasteiger partial charge in [0.1, 0.15) is 0 Å². The summed E-state index contributed by atoms with van der Waals surface area (Å²) in [5.74, 6) is -0.134. The van der Waals surface area contributed by atoms with Crippen molar-refractivity contribution >= 4 is 21.6 Å². The quantitative estimate of drug-likeness (QED) is 0.752. The van der Waals surface area contributed by atoms with Crippen molar-refractivity contribution in [1.29, 1.82) is 0 Å². The predicted molar refractivity (Wildman–Crippen MR) is 88.2 cm³/mol. The molecule has 0 fully saturated rings. The van der Waals surface area contributed by atoms with Crippen molar-refractivity contribution in [2.75, 3.05) is 13.2 Å². The van der Waals surface area contributed by atoms with Crippen molar-refractivity contribution in [2.24, 2.45) is 0 Å². The smallest absolute Gasteiger partial charge is 0.215 e. The molecule has 0 aliphatic heterocycles. The van der Waals surface area contributed by atoms with Gasteiger partial charge in [-0.15, -0.1) is 0 Å². The topological polar surface area (TPSA) is 55.4 Å². The summed E-state index contributed by atoms with van der Waals surface area (Å²) in [6.45, 7) is 1.02. The fourth-order valence-corrected chi connectivity index (χ4v) is 3.34. The Morgan fingerprint density at radius 1 is 1.00 bits per heavy atom. The van der Waals surface area contributed by atoms with E-state index in [0.29, 0.717) is 23.8 Å². The molecule has 22 heavy (non-hydrogen) atoms. The van der Waals surface area contributed by atoms with E-state index in [1.54, 1.807) is 24.3 Å². The molecule has 6 heteroatoms. The van der Waals surface area contributed by atoms with Gasteiger partial charge in [0, 0.05) is 11.6 Å². The minimum Gasteiger partial charge on any atom is -0.375 e. The first-order valence-corrected chi connectivity index (χ1v) is 8.92. The number of halogens is 1. The summed E-state index contributed by atoms with van der Waals surface area (Å²) in [6, 6.07) is 16.6. The average Bonchev–Trinajstić information content (AvgIpc) is 2.50. The molecule has 0 aromatic heterocycles. The summed E-state index contributed by atoms with van der Waals surface area (Å²) in [5.41, 5.74) is 1.64. The van der Waals surface area contributed by atoms with Crippen LogP contribution >= 0.6 is 11.6 Å². The minimum atomic E-state index is -3.42. The van der Waals surface area contributed by atoms with Gasteiger partial charge < -0.3 is 4.74 Å². The number of nitrogens with one attached hydrogen (secondary N) is 1. The normalized spacial score (nSPS) is 11.5. The monoisotopic (exact) mass is 339 g/mol. The van der Waals surface area contributed by atoms with E-state index in [-0.39, 0.29) is 12.3 Å². The molecule has 0 saturated carbocycles. The number of benzene rings is 2. The van der Waals surface area contributed by atoms with Gasteiger partial charge >= 0.3 is 0 Å². The molecule has 0 atom stereocenters. The summed E-state index contributed by atoms with van der Waals surface area (Å²) in [6.07, 6.45) is 0. The molecule has 0 saturated heterocycles. The number of rotatable bonds is 8. The molecule has 0 heterocycles. The van der Waals surface area contributed by atoms with Crippen LogP contribution in [-0.4, -0.2) is 21.6 Å². The Bertz CT molecular complexity index is 690. The average molecular weight is 340 g/mol. The van der Waals surface area contributed by atoms with E-state index in [2.05, 4.69) is 4.72 Å². The van der Waals surface area contributed by atoms with Crippen LogP contribution in [0.2, 0.25) is 5.02 Å². The summed E-state index contributed by atoms with van der Waals surface area (Å²) < 4.78 is 31.9. The number of hydrogen-bond donors (Lipinski definition) is 1. The van der Waals surface area contributed by atoms with E-state index < -0.39 is 10.0 Å². The van der Waals surface area contributed by atoms with Crippen LogP contribution in [0.15, 0.2) is 54.6 Å². The molecule has 0 aliphatic rings. The zero-order valence-corrected chi connectivity index (χ0v) is 13.6. The highest BCUT2D eigenvalue weighted by Crippen LogP contribution is 2.17. The molecule has 0 unspecified atom stereocenters. The van der Waals surface area contributed by atoms with Gasteiger partial charge in [0.25, 0.3) is 0 Å². The van der Waals surface area contributed by atoms with Crippen molar-refractivity contribution in [3.8, 4) is 0 Å². The third-order valence-corrected chi connectivity index (χ3v) is 4.69. The van der Waals surface area contributed by atoms with Crippen molar-refractivity contribution < 1.29 is 13.2 Å². The summed E-state index contributed by atoms with van der Waals surface area (Å²) >= 11 is 5.96. The van der Waals surface area contributed by atoms with Crippen LogP contribution in [0.5, 0.6) is 0 Å². The van der Waals surface area contributed by atoms with Crippen LogP contribution in [0.1, 0.15) is 11.1 Å². The Labute approximate surface area is 136 Å². The highest BCUT2D eigenvalue weighted by molar-refractivity contribution is 7.88. The Kier molecular flexibility index (Phi) is 6.39. The van der Waals surface area contributed by atoms with Crippen LogP contribution in [0.4, 0.5) is 0 Å². The molecule has 2 aromatic rings. The largest absolute Gasteiger partial charge is 0.375 e. The van der Waals surface area contributed by atoms with Crippen LogP contribution in [-0.2, 0) is 27.1 Å². The molecular formula is C16H18ClNO3S. The molecule has 4 nitrogen and oxygen atoms in total. The lowest BCUT2D eigenvalue weighted by Gasteiger charge is -2.08. The summed E-state index contributed by atoms with van der Waals surface area (Å²) in [5, 5.41) is 0.452. The Balaban J connectivity index is 1.73. The fraction of sp³-hybridized carbons (Fsp3) is 0.250. The molecule has 0 amide bonds. The molecular weight excluding hydrogens is 322 g/mol. The maximum absolute atomic E-state index is 12.0. The zero-order valence-electron chi connectivity index (χ0n) is 12.0. The fourth-order valence-electron chi connectivity index (χ4n) is 1.90. The van der Waals surface area contributed by atoms with E-state index in [1.807, 2.05) is 30.3 Å². The number of ether oxygens (including phenoxy) is 1. The molecule has 2 rings (SSSR count). The Hall–Kier alpha value is -1.40. The lowest BCUT2D eigenvalue weighted by atomic mass is 10.2. The third kappa shape index (κ3) is 5.77. The van der Waals surface area contributed by atoms with E-state index >= 15 is 0 Å². The molecule has 0 spiro atoms. The van der Waals surface area contributed by atoms with Gasteiger partial charge in [0.15, 0.2) is 0 Å². The molecule has 118 valence electrons. The Morgan fingerprint density at radius 3 is 2.41 bits per heavy atom. The molecule has 1 N–H and O–H groups in total. The van der Waals surface area contributed by atoms with Crippen LogP contribution in [0, 0.1) is 0 Å². The second-order valence-corrected chi connectivity index (χ2v) is 7.00. The van der Waals surface area contributed by atoms with Gasteiger partial charge in [-0.05, 0) is 17.2 Å². The maximum Gasteiger partial charge on any atom is 0.215 e. The van der Waals surface area contributed by atoms with Crippen LogP contribution in [0.3, 0.4) is 0 Å². The van der Waals surface area contributed by atoms with E-state index in [4.69, 9.17) is 16.3 Å². The van der Waals surface area contributed by atoms with Gasteiger partial charge in [0.05, 0.1) is 19.0 Å². The standard InChI is InChI=1S/C16H18ClNO3S/c17-16-9-5-4-8-15(16)13-22(19,20)18-10-11-21-12-14-6-2-1-3-7-14/h1-9,18H,10-13H2. The maximum atomic E-state index is 12.0. The van der Waals surface area contributed by atoms with Crippen molar-refractivity contribution in [3.05, 3.63) is 70.7 Å². The van der Waals surface area contributed by atoms with Gasteiger partial charge in [-0.1, -0.05) is 60.1 Å². The predicted octanol–water partition coefficient (Wildman–Crippen LogP) is 2.98. The van der Waals surface area contributed by atoms with E-state index in [1.165, 1.54) is 0 Å². The third-order valence-electron chi connectivity index (χ3n) is 2.98. The highest BCUT2D eigenvalue weighted by Gasteiger charge is 2.12. The van der Waals surface area contributed by atoms with Gasteiger partial charge in [-0.25, -0.2) is 13.1 Å². The first-order valence-electron chi connectivity index (χ1n) is 6.89. The first kappa shape index (κ1) is 17.0. The summed E-state index contributed by atoms with van der Waals surface area (Å²) in [4.78, 5) is 0. The first-order chi connectivity index (χ1) is 10.6. The Morgan fingerprint density at radius 2 is 1.68 bits per heavy atom. The second kappa shape index (κ2) is 8.29. The van der Waals surface area contributed by atoms with E-state index in [9.17, 15) is 8.42 Å². The second-order valence-electron chi connectivity index (χ2n) is 4.78. The van der Waals surface area contributed by atoms with Crippen molar-refractivity contribution in [1.82, 2.24) is 4.72 Å². The SMILES string of the molecule is O=S(=O)(Cc1ccccc1Cl)NCCOCc1ccccc1. The highest BCUT2D eigenvalue weighted by atomic mass is 35.5. The lowest BCUT2D eigenvalue weighted by Crippen LogP contribution is -2.28. The molecule has 0 bridgehead atoms. The minimum absolute atomic E-state index is 0.134. The zero-order chi connectivity index (χ0) is 15.8.